The molecule has 0 spiro atoms. The lowest BCUT2D eigenvalue weighted by atomic mass is 10.2. The lowest BCUT2D eigenvalue weighted by molar-refractivity contribution is -0.137. The summed E-state index contributed by atoms with van der Waals surface area (Å²) in [5.74, 6) is -0.836. The van der Waals surface area contributed by atoms with Crippen LogP contribution < -0.4 is 5.32 Å². The van der Waals surface area contributed by atoms with Crippen LogP contribution in [0.1, 0.15) is 32.3 Å². The smallest absolute Gasteiger partial charge is 0.317 e. The molecule has 0 aromatic carbocycles. The molecule has 6 nitrogen and oxygen atoms in total. The average molecular weight is 293 g/mol. The summed E-state index contributed by atoms with van der Waals surface area (Å²) in [6.45, 7) is 4.84. The summed E-state index contributed by atoms with van der Waals surface area (Å²) in [5.41, 5.74) is 1.12. The van der Waals surface area contributed by atoms with Crippen molar-refractivity contribution in [1.82, 2.24) is 15.2 Å². The Morgan fingerprint density at radius 3 is 2.57 bits per heavy atom. The van der Waals surface area contributed by atoms with Crippen molar-refractivity contribution in [2.75, 3.05) is 13.1 Å². The van der Waals surface area contributed by atoms with Gasteiger partial charge in [0, 0.05) is 37.9 Å². The average Bonchev–Trinajstić information content (AvgIpc) is 2.44. The van der Waals surface area contributed by atoms with Crippen LogP contribution in [0, 0.1) is 0 Å². The molecule has 1 rings (SSSR count). The molecule has 1 heterocycles. The van der Waals surface area contributed by atoms with Crippen molar-refractivity contribution < 1.29 is 14.7 Å². The fourth-order valence-corrected chi connectivity index (χ4v) is 1.96. The fourth-order valence-electron chi connectivity index (χ4n) is 1.96. The minimum Gasteiger partial charge on any atom is -0.481 e. The molecule has 21 heavy (non-hydrogen) atoms. The summed E-state index contributed by atoms with van der Waals surface area (Å²) in [5, 5.41) is 11.5. The molecule has 116 valence electrons. The number of rotatable bonds is 8. The van der Waals surface area contributed by atoms with E-state index in [1.54, 1.807) is 17.3 Å². The molecule has 0 aliphatic carbocycles. The van der Waals surface area contributed by atoms with E-state index in [9.17, 15) is 9.59 Å². The minimum atomic E-state index is -0.836. The highest BCUT2D eigenvalue weighted by atomic mass is 16.4. The summed E-state index contributed by atoms with van der Waals surface area (Å²) in [6, 6.07) is 3.72. The molecule has 2 N–H and O–H groups in total. The van der Waals surface area contributed by atoms with E-state index in [-0.39, 0.29) is 18.5 Å². The van der Waals surface area contributed by atoms with Gasteiger partial charge in [-0.25, -0.2) is 4.79 Å². The van der Waals surface area contributed by atoms with Gasteiger partial charge in [0.15, 0.2) is 0 Å². The Morgan fingerprint density at radius 2 is 2.00 bits per heavy atom. The van der Waals surface area contributed by atoms with Gasteiger partial charge >= 0.3 is 12.0 Å². The van der Waals surface area contributed by atoms with Crippen LogP contribution in [0.15, 0.2) is 24.5 Å². The predicted molar refractivity (Wildman–Crippen MR) is 80.1 cm³/mol. The number of urea groups is 1. The van der Waals surface area contributed by atoms with Gasteiger partial charge in [0.2, 0.25) is 0 Å². The number of hydrogen-bond acceptors (Lipinski definition) is 3. The van der Waals surface area contributed by atoms with E-state index in [2.05, 4.69) is 10.3 Å². The van der Waals surface area contributed by atoms with Gasteiger partial charge in [0.05, 0.1) is 0 Å². The van der Waals surface area contributed by atoms with Gasteiger partial charge < -0.3 is 15.3 Å². The number of hydrogen-bond donors (Lipinski definition) is 2. The Hall–Kier alpha value is -2.11. The standard InChI is InChI=1S/C15H23N3O3/c1-12(2)18(11-3-4-14(19)20)15(21)17-10-7-13-5-8-16-9-6-13/h5-6,8-9,12H,3-4,7,10-11H2,1-2H3,(H,17,21)(H,19,20). The van der Waals surface area contributed by atoms with Gasteiger partial charge in [-0.05, 0) is 44.4 Å². The van der Waals surface area contributed by atoms with E-state index in [4.69, 9.17) is 5.11 Å². The number of pyridine rings is 1. The van der Waals surface area contributed by atoms with E-state index < -0.39 is 5.97 Å². The van der Waals surface area contributed by atoms with Crippen LogP contribution in [0.2, 0.25) is 0 Å². The zero-order chi connectivity index (χ0) is 15.7. The molecule has 0 aliphatic rings. The molecule has 0 aliphatic heterocycles. The molecular weight excluding hydrogens is 270 g/mol. The number of nitrogens with zero attached hydrogens (tertiary/aromatic N) is 2. The molecule has 0 unspecified atom stereocenters. The quantitative estimate of drug-likeness (QED) is 0.767. The first-order chi connectivity index (χ1) is 10.0. The maximum absolute atomic E-state index is 12.1. The third-order valence-corrected chi connectivity index (χ3v) is 3.11. The molecular formula is C15H23N3O3. The highest BCUT2D eigenvalue weighted by molar-refractivity contribution is 5.74. The number of aliphatic carboxylic acids is 1. The number of amides is 2. The summed E-state index contributed by atoms with van der Waals surface area (Å²) < 4.78 is 0. The number of carbonyl (C=O) groups is 2. The van der Waals surface area contributed by atoms with Crippen LogP contribution in [-0.2, 0) is 11.2 Å². The normalized spacial score (nSPS) is 10.4. The van der Waals surface area contributed by atoms with E-state index in [0.29, 0.717) is 19.5 Å². The summed E-state index contributed by atoms with van der Waals surface area (Å²) in [6.07, 6.45) is 4.74. The number of carboxylic acid groups (broad SMARTS) is 1. The molecule has 0 saturated carbocycles. The van der Waals surface area contributed by atoms with Crippen molar-refractivity contribution in [3.8, 4) is 0 Å². The molecule has 1 aromatic rings. The lowest BCUT2D eigenvalue weighted by Crippen LogP contribution is -2.45. The Labute approximate surface area is 125 Å². The number of nitrogens with one attached hydrogen (secondary N) is 1. The summed E-state index contributed by atoms with van der Waals surface area (Å²) >= 11 is 0. The number of carboxylic acids is 1. The van der Waals surface area contributed by atoms with E-state index in [1.165, 1.54) is 0 Å². The molecule has 0 bridgehead atoms. The minimum absolute atomic E-state index is 0.0414. The summed E-state index contributed by atoms with van der Waals surface area (Å²) in [4.78, 5) is 28.2. The van der Waals surface area contributed by atoms with Gasteiger partial charge in [-0.1, -0.05) is 0 Å². The van der Waals surface area contributed by atoms with E-state index >= 15 is 0 Å². The highest BCUT2D eigenvalue weighted by Crippen LogP contribution is 2.03. The second kappa shape index (κ2) is 8.94. The van der Waals surface area contributed by atoms with Crippen molar-refractivity contribution in [2.24, 2.45) is 0 Å². The molecule has 0 atom stereocenters. The number of aromatic nitrogens is 1. The van der Waals surface area contributed by atoms with Gasteiger partial charge in [0.1, 0.15) is 0 Å². The largest absolute Gasteiger partial charge is 0.481 e. The van der Waals surface area contributed by atoms with Crippen LogP contribution in [0.3, 0.4) is 0 Å². The molecule has 0 saturated heterocycles. The maximum atomic E-state index is 12.1. The van der Waals surface area contributed by atoms with Crippen molar-refractivity contribution in [3.05, 3.63) is 30.1 Å². The van der Waals surface area contributed by atoms with Crippen molar-refractivity contribution >= 4 is 12.0 Å². The Morgan fingerprint density at radius 1 is 1.33 bits per heavy atom. The highest BCUT2D eigenvalue weighted by Gasteiger charge is 2.16. The van der Waals surface area contributed by atoms with Crippen LogP contribution in [0.4, 0.5) is 4.79 Å². The zero-order valence-corrected chi connectivity index (χ0v) is 12.6. The molecule has 2 amide bonds. The monoisotopic (exact) mass is 293 g/mol. The van der Waals surface area contributed by atoms with Crippen LogP contribution in [0.25, 0.3) is 0 Å². The number of carbonyl (C=O) groups excluding carboxylic acids is 1. The topological polar surface area (TPSA) is 82.5 Å². The zero-order valence-electron chi connectivity index (χ0n) is 12.6. The van der Waals surface area contributed by atoms with Crippen molar-refractivity contribution in [3.63, 3.8) is 0 Å². The second-order valence-electron chi connectivity index (χ2n) is 5.12. The SMILES string of the molecule is CC(C)N(CCCC(=O)O)C(=O)NCCc1ccncc1. The molecule has 0 radical (unpaired) electrons. The third kappa shape index (κ3) is 6.74. The molecule has 0 fully saturated rings. The Bertz CT molecular complexity index is 449. The van der Waals surface area contributed by atoms with Crippen molar-refractivity contribution in [2.45, 2.75) is 39.2 Å². The van der Waals surface area contributed by atoms with Gasteiger partial charge in [-0.15, -0.1) is 0 Å². The van der Waals surface area contributed by atoms with Crippen molar-refractivity contribution in [1.29, 1.82) is 0 Å². The van der Waals surface area contributed by atoms with Gasteiger partial charge in [-0.3, -0.25) is 9.78 Å². The van der Waals surface area contributed by atoms with Crippen LogP contribution in [0.5, 0.6) is 0 Å². The molecule has 1 aromatic heterocycles. The summed E-state index contributed by atoms with van der Waals surface area (Å²) in [7, 11) is 0. The van der Waals surface area contributed by atoms with Crippen LogP contribution >= 0.6 is 0 Å². The van der Waals surface area contributed by atoms with Gasteiger partial charge in [-0.2, -0.15) is 0 Å². The Kier molecular flexibility index (Phi) is 7.21. The lowest BCUT2D eigenvalue weighted by Gasteiger charge is -2.26. The maximum Gasteiger partial charge on any atom is 0.317 e. The third-order valence-electron chi connectivity index (χ3n) is 3.11. The predicted octanol–water partition coefficient (Wildman–Crippen LogP) is 1.91. The molecule has 6 heteroatoms. The van der Waals surface area contributed by atoms with E-state index in [1.807, 2.05) is 26.0 Å². The Balaban J connectivity index is 2.36. The first-order valence-electron chi connectivity index (χ1n) is 7.16. The van der Waals surface area contributed by atoms with Crippen LogP contribution in [-0.4, -0.2) is 46.1 Å². The van der Waals surface area contributed by atoms with E-state index in [0.717, 1.165) is 12.0 Å². The first kappa shape index (κ1) is 16.9. The van der Waals surface area contributed by atoms with Gasteiger partial charge in [0.25, 0.3) is 0 Å². The fraction of sp³-hybridized carbons (Fsp3) is 0.533. The second-order valence-corrected chi connectivity index (χ2v) is 5.12. The first-order valence-corrected chi connectivity index (χ1v) is 7.16.